The van der Waals surface area contributed by atoms with Gasteiger partial charge in [0.05, 0.1) is 11.8 Å². The molecule has 0 bridgehead atoms. The second-order valence-electron chi connectivity index (χ2n) is 4.14. The highest BCUT2D eigenvalue weighted by Crippen LogP contribution is 2.14. The Morgan fingerprint density at radius 3 is 2.85 bits per heavy atom. The van der Waals surface area contributed by atoms with E-state index in [1.807, 2.05) is 6.92 Å². The lowest BCUT2D eigenvalue weighted by Gasteiger charge is -2.10. The van der Waals surface area contributed by atoms with Gasteiger partial charge in [-0.2, -0.15) is 0 Å². The fourth-order valence-corrected chi connectivity index (χ4v) is 1.61. The van der Waals surface area contributed by atoms with Gasteiger partial charge in [-0.25, -0.2) is 14.4 Å². The number of carbonyl (C=O) groups is 1. The van der Waals surface area contributed by atoms with Crippen LogP contribution in [0.15, 0.2) is 36.7 Å². The second-order valence-corrected chi connectivity index (χ2v) is 4.14. The molecular formula is C14H15FN4O. The van der Waals surface area contributed by atoms with Crippen molar-refractivity contribution < 1.29 is 9.18 Å². The number of hydrogen-bond donors (Lipinski definition) is 2. The summed E-state index contributed by atoms with van der Waals surface area (Å²) in [5.74, 6) is 0.0288. The lowest BCUT2D eigenvalue weighted by Crippen LogP contribution is -2.16. The Labute approximate surface area is 116 Å². The standard InChI is InChI=1S/C14H15FN4O/c1-2-7-16-13-11(4-3-8-17-13)14(20)19-12-6-5-10(15)9-18-12/h3-6,8-9H,2,7H2,1H3,(H,16,17)(H,18,19,20). The van der Waals surface area contributed by atoms with Crippen LogP contribution in [0.1, 0.15) is 23.7 Å². The van der Waals surface area contributed by atoms with E-state index in [-0.39, 0.29) is 5.91 Å². The third-order valence-corrected chi connectivity index (χ3v) is 2.56. The van der Waals surface area contributed by atoms with E-state index in [1.54, 1.807) is 18.3 Å². The molecule has 1 amide bonds. The molecule has 5 nitrogen and oxygen atoms in total. The number of carbonyl (C=O) groups excluding carboxylic acids is 1. The monoisotopic (exact) mass is 274 g/mol. The van der Waals surface area contributed by atoms with Gasteiger partial charge in [0.1, 0.15) is 17.5 Å². The molecule has 0 atom stereocenters. The van der Waals surface area contributed by atoms with Crippen LogP contribution in [-0.4, -0.2) is 22.4 Å². The van der Waals surface area contributed by atoms with Crippen LogP contribution in [0.5, 0.6) is 0 Å². The third-order valence-electron chi connectivity index (χ3n) is 2.56. The third kappa shape index (κ3) is 3.50. The lowest BCUT2D eigenvalue weighted by atomic mass is 10.2. The van der Waals surface area contributed by atoms with Crippen molar-refractivity contribution in [2.75, 3.05) is 17.2 Å². The highest BCUT2D eigenvalue weighted by Gasteiger charge is 2.12. The quantitative estimate of drug-likeness (QED) is 0.879. The first-order valence-electron chi connectivity index (χ1n) is 6.32. The number of pyridine rings is 2. The first kappa shape index (κ1) is 13.9. The van der Waals surface area contributed by atoms with Gasteiger partial charge in [-0.15, -0.1) is 0 Å². The number of nitrogens with zero attached hydrogens (tertiary/aromatic N) is 2. The fourth-order valence-electron chi connectivity index (χ4n) is 1.61. The lowest BCUT2D eigenvalue weighted by molar-refractivity contribution is 0.102. The number of hydrogen-bond acceptors (Lipinski definition) is 4. The van der Waals surface area contributed by atoms with Gasteiger partial charge in [0, 0.05) is 12.7 Å². The van der Waals surface area contributed by atoms with Crippen molar-refractivity contribution in [3.05, 3.63) is 48.0 Å². The van der Waals surface area contributed by atoms with Crippen molar-refractivity contribution in [1.82, 2.24) is 9.97 Å². The van der Waals surface area contributed by atoms with Crippen LogP contribution in [0.25, 0.3) is 0 Å². The molecule has 0 aliphatic rings. The number of halogens is 1. The van der Waals surface area contributed by atoms with E-state index in [0.717, 1.165) is 19.2 Å². The van der Waals surface area contributed by atoms with E-state index in [1.165, 1.54) is 12.1 Å². The van der Waals surface area contributed by atoms with Crippen molar-refractivity contribution in [2.24, 2.45) is 0 Å². The van der Waals surface area contributed by atoms with Crippen LogP contribution in [0, 0.1) is 5.82 Å². The first-order valence-corrected chi connectivity index (χ1v) is 6.32. The van der Waals surface area contributed by atoms with E-state index in [4.69, 9.17) is 0 Å². The van der Waals surface area contributed by atoms with Gasteiger partial charge in [-0.05, 0) is 30.7 Å². The molecule has 2 aromatic rings. The van der Waals surface area contributed by atoms with Gasteiger partial charge in [-0.3, -0.25) is 4.79 Å². The zero-order chi connectivity index (χ0) is 14.4. The minimum atomic E-state index is -0.449. The molecule has 2 aromatic heterocycles. The summed E-state index contributed by atoms with van der Waals surface area (Å²) in [4.78, 5) is 20.1. The highest BCUT2D eigenvalue weighted by molar-refractivity contribution is 6.06. The summed E-state index contributed by atoms with van der Waals surface area (Å²) in [6.45, 7) is 2.75. The summed E-state index contributed by atoms with van der Waals surface area (Å²) >= 11 is 0. The van der Waals surface area contributed by atoms with Gasteiger partial charge in [-0.1, -0.05) is 6.92 Å². The average Bonchev–Trinajstić information content (AvgIpc) is 2.47. The number of nitrogens with one attached hydrogen (secondary N) is 2. The van der Waals surface area contributed by atoms with Gasteiger partial charge in [0.25, 0.3) is 5.91 Å². The molecule has 104 valence electrons. The molecule has 0 radical (unpaired) electrons. The summed E-state index contributed by atoms with van der Waals surface area (Å²) in [5, 5.41) is 5.69. The molecule has 2 heterocycles. The van der Waals surface area contributed by atoms with Crippen LogP contribution >= 0.6 is 0 Å². The Bertz CT molecular complexity index is 586. The van der Waals surface area contributed by atoms with Crippen LogP contribution in [0.3, 0.4) is 0 Å². The van der Waals surface area contributed by atoms with E-state index in [2.05, 4.69) is 20.6 Å². The van der Waals surface area contributed by atoms with Crippen LogP contribution < -0.4 is 10.6 Å². The number of aromatic nitrogens is 2. The number of amides is 1. The van der Waals surface area contributed by atoms with Crippen molar-refractivity contribution in [3.63, 3.8) is 0 Å². The smallest absolute Gasteiger partial charge is 0.260 e. The SMILES string of the molecule is CCCNc1ncccc1C(=O)Nc1ccc(F)cn1. The zero-order valence-electron chi connectivity index (χ0n) is 11.1. The van der Waals surface area contributed by atoms with Crippen molar-refractivity contribution in [3.8, 4) is 0 Å². The maximum atomic E-state index is 12.8. The van der Waals surface area contributed by atoms with Crippen molar-refractivity contribution in [1.29, 1.82) is 0 Å². The van der Waals surface area contributed by atoms with Gasteiger partial charge in [0.2, 0.25) is 0 Å². The number of rotatable bonds is 5. The Balaban J connectivity index is 2.14. The number of anilines is 2. The average molecular weight is 274 g/mol. The van der Waals surface area contributed by atoms with Crippen molar-refractivity contribution in [2.45, 2.75) is 13.3 Å². The summed E-state index contributed by atoms with van der Waals surface area (Å²) in [7, 11) is 0. The Morgan fingerprint density at radius 2 is 2.15 bits per heavy atom. The molecule has 6 heteroatoms. The molecule has 0 spiro atoms. The van der Waals surface area contributed by atoms with Crippen LogP contribution in [0.2, 0.25) is 0 Å². The predicted octanol–water partition coefficient (Wildman–Crippen LogP) is 2.69. The maximum absolute atomic E-state index is 12.8. The molecule has 2 N–H and O–H groups in total. The van der Waals surface area contributed by atoms with Gasteiger partial charge >= 0.3 is 0 Å². The Hall–Kier alpha value is -2.50. The van der Waals surface area contributed by atoms with Crippen LogP contribution in [-0.2, 0) is 0 Å². The molecule has 20 heavy (non-hydrogen) atoms. The Kier molecular flexibility index (Phi) is 4.60. The molecule has 0 saturated heterocycles. The van der Waals surface area contributed by atoms with E-state index >= 15 is 0 Å². The second kappa shape index (κ2) is 6.60. The summed E-state index contributed by atoms with van der Waals surface area (Å²) in [6.07, 6.45) is 3.59. The fraction of sp³-hybridized carbons (Fsp3) is 0.214. The minimum Gasteiger partial charge on any atom is -0.369 e. The van der Waals surface area contributed by atoms with E-state index in [9.17, 15) is 9.18 Å². The Morgan fingerprint density at radius 1 is 1.30 bits per heavy atom. The minimum absolute atomic E-state index is 0.293. The molecular weight excluding hydrogens is 259 g/mol. The molecule has 0 aromatic carbocycles. The summed E-state index contributed by atoms with van der Waals surface area (Å²) in [5.41, 5.74) is 0.423. The summed E-state index contributed by atoms with van der Waals surface area (Å²) in [6, 6.07) is 6.00. The molecule has 0 saturated carbocycles. The van der Waals surface area contributed by atoms with Crippen molar-refractivity contribution >= 4 is 17.5 Å². The topological polar surface area (TPSA) is 66.9 Å². The first-order chi connectivity index (χ1) is 9.70. The normalized spacial score (nSPS) is 10.1. The molecule has 0 aliphatic carbocycles. The van der Waals surface area contributed by atoms with E-state index < -0.39 is 5.82 Å². The largest absolute Gasteiger partial charge is 0.369 e. The predicted molar refractivity (Wildman–Crippen MR) is 75.2 cm³/mol. The molecule has 2 rings (SSSR count). The van der Waals surface area contributed by atoms with Gasteiger partial charge in [0.15, 0.2) is 0 Å². The summed E-state index contributed by atoms with van der Waals surface area (Å²) < 4.78 is 12.8. The zero-order valence-corrected chi connectivity index (χ0v) is 11.1. The van der Waals surface area contributed by atoms with Crippen LogP contribution in [0.4, 0.5) is 16.0 Å². The molecule has 0 unspecified atom stereocenters. The van der Waals surface area contributed by atoms with E-state index in [0.29, 0.717) is 17.2 Å². The molecule has 0 aliphatic heterocycles. The van der Waals surface area contributed by atoms with Gasteiger partial charge < -0.3 is 10.6 Å². The maximum Gasteiger partial charge on any atom is 0.260 e. The highest BCUT2D eigenvalue weighted by atomic mass is 19.1. The molecule has 0 fully saturated rings.